The van der Waals surface area contributed by atoms with Gasteiger partial charge in [-0.15, -0.1) is 5.10 Å². The summed E-state index contributed by atoms with van der Waals surface area (Å²) in [6.45, 7) is 6.26. The molecular formula is C14H20N4. The molecule has 1 aliphatic carbocycles. The lowest BCUT2D eigenvalue weighted by molar-refractivity contribution is 0.685. The molecule has 1 N–H and O–H groups in total. The molecule has 2 rings (SSSR count). The first-order chi connectivity index (χ1) is 8.71. The van der Waals surface area contributed by atoms with Crippen LogP contribution in [0.4, 0.5) is 5.82 Å². The summed E-state index contributed by atoms with van der Waals surface area (Å²) in [4.78, 5) is 0. The molecule has 1 aliphatic rings. The summed E-state index contributed by atoms with van der Waals surface area (Å²) in [6.07, 6.45) is 4.20. The second kappa shape index (κ2) is 5.34. The quantitative estimate of drug-likeness (QED) is 0.865. The van der Waals surface area contributed by atoms with Gasteiger partial charge in [-0.2, -0.15) is 10.4 Å². The zero-order valence-corrected chi connectivity index (χ0v) is 11.3. The third kappa shape index (κ3) is 2.45. The van der Waals surface area contributed by atoms with Gasteiger partial charge >= 0.3 is 0 Å². The van der Waals surface area contributed by atoms with Crippen molar-refractivity contribution in [3.63, 3.8) is 0 Å². The van der Waals surface area contributed by atoms with E-state index in [0.717, 1.165) is 30.0 Å². The number of hydrogen-bond acceptors (Lipinski definition) is 4. The molecule has 4 heteroatoms. The van der Waals surface area contributed by atoms with E-state index in [9.17, 15) is 5.26 Å². The predicted molar refractivity (Wildman–Crippen MR) is 71.3 cm³/mol. The predicted octanol–water partition coefficient (Wildman–Crippen LogP) is 2.68. The molecule has 1 unspecified atom stereocenters. The molecule has 18 heavy (non-hydrogen) atoms. The Kier molecular flexibility index (Phi) is 3.81. The van der Waals surface area contributed by atoms with Gasteiger partial charge in [0.25, 0.3) is 0 Å². The van der Waals surface area contributed by atoms with Gasteiger partial charge in [-0.3, -0.25) is 0 Å². The summed E-state index contributed by atoms with van der Waals surface area (Å²) >= 11 is 0. The Labute approximate surface area is 108 Å². The summed E-state index contributed by atoms with van der Waals surface area (Å²) in [5, 5.41) is 21.2. The molecular weight excluding hydrogens is 224 g/mol. The molecule has 1 aromatic rings. The fraction of sp³-hybridized carbons (Fsp3) is 0.643. The van der Waals surface area contributed by atoms with Gasteiger partial charge in [0.15, 0.2) is 5.82 Å². The Bertz CT molecular complexity index is 471. The van der Waals surface area contributed by atoms with Crippen LogP contribution < -0.4 is 5.32 Å². The summed E-state index contributed by atoms with van der Waals surface area (Å²) in [7, 11) is 0. The van der Waals surface area contributed by atoms with Crippen LogP contribution >= 0.6 is 0 Å². The van der Waals surface area contributed by atoms with Crippen LogP contribution in [0, 0.1) is 17.2 Å². The van der Waals surface area contributed by atoms with Crippen molar-refractivity contribution in [2.45, 2.75) is 52.5 Å². The van der Waals surface area contributed by atoms with Gasteiger partial charge in [0.05, 0.1) is 5.69 Å². The Hall–Kier alpha value is -1.63. The Morgan fingerprint density at radius 2 is 2.06 bits per heavy atom. The van der Waals surface area contributed by atoms with E-state index in [0.29, 0.717) is 17.4 Å². The topological polar surface area (TPSA) is 61.6 Å². The Morgan fingerprint density at radius 1 is 1.33 bits per heavy atom. The van der Waals surface area contributed by atoms with Gasteiger partial charge in [-0.05, 0) is 44.1 Å². The minimum Gasteiger partial charge on any atom is -0.365 e. The summed E-state index contributed by atoms with van der Waals surface area (Å²) < 4.78 is 0. The Morgan fingerprint density at radius 3 is 2.56 bits per heavy atom. The van der Waals surface area contributed by atoms with Gasteiger partial charge in [0.1, 0.15) is 11.6 Å². The third-order valence-electron chi connectivity index (χ3n) is 3.65. The first-order valence-electron chi connectivity index (χ1n) is 6.76. The lowest BCUT2D eigenvalue weighted by Crippen LogP contribution is -2.20. The monoisotopic (exact) mass is 244 g/mol. The SMILES string of the molecule is CCc1nnc(NC(C)C2CC2)c(C#N)c1CC. The van der Waals surface area contributed by atoms with Crippen molar-refractivity contribution in [2.24, 2.45) is 5.92 Å². The van der Waals surface area contributed by atoms with E-state index in [4.69, 9.17) is 0 Å². The van der Waals surface area contributed by atoms with Crippen LogP contribution in [0.5, 0.6) is 0 Å². The van der Waals surface area contributed by atoms with Crippen LogP contribution in [-0.2, 0) is 12.8 Å². The van der Waals surface area contributed by atoms with Gasteiger partial charge < -0.3 is 5.32 Å². The molecule has 0 radical (unpaired) electrons. The zero-order valence-electron chi connectivity index (χ0n) is 11.3. The highest BCUT2D eigenvalue weighted by Gasteiger charge is 2.29. The van der Waals surface area contributed by atoms with Crippen molar-refractivity contribution in [1.29, 1.82) is 5.26 Å². The van der Waals surface area contributed by atoms with Crippen molar-refractivity contribution in [3.8, 4) is 6.07 Å². The summed E-state index contributed by atoms with van der Waals surface area (Å²) in [5.74, 6) is 1.39. The van der Waals surface area contributed by atoms with Crippen LogP contribution in [0.2, 0.25) is 0 Å². The molecule has 0 amide bonds. The molecule has 1 aromatic heterocycles. The minimum atomic E-state index is 0.378. The molecule has 1 heterocycles. The van der Waals surface area contributed by atoms with E-state index in [-0.39, 0.29) is 0 Å². The van der Waals surface area contributed by atoms with Crippen LogP contribution in [0.3, 0.4) is 0 Å². The van der Waals surface area contributed by atoms with E-state index >= 15 is 0 Å². The van der Waals surface area contributed by atoms with E-state index in [1.54, 1.807) is 0 Å². The fourth-order valence-corrected chi connectivity index (χ4v) is 2.32. The molecule has 0 aliphatic heterocycles. The molecule has 1 atom stereocenters. The van der Waals surface area contributed by atoms with E-state index in [2.05, 4.69) is 35.4 Å². The largest absolute Gasteiger partial charge is 0.365 e. The van der Waals surface area contributed by atoms with Crippen molar-refractivity contribution < 1.29 is 0 Å². The molecule has 0 aromatic carbocycles. The Balaban J connectivity index is 2.32. The number of nitriles is 1. The first kappa shape index (κ1) is 12.8. The number of nitrogens with one attached hydrogen (secondary N) is 1. The van der Waals surface area contributed by atoms with Gasteiger partial charge in [-0.25, -0.2) is 0 Å². The first-order valence-corrected chi connectivity index (χ1v) is 6.76. The maximum absolute atomic E-state index is 9.36. The lowest BCUT2D eigenvalue weighted by atomic mass is 10.0. The molecule has 0 bridgehead atoms. The fourth-order valence-electron chi connectivity index (χ4n) is 2.32. The average molecular weight is 244 g/mol. The molecule has 4 nitrogen and oxygen atoms in total. The summed E-state index contributed by atoms with van der Waals surface area (Å²) in [5.41, 5.74) is 2.66. The second-order valence-corrected chi connectivity index (χ2v) is 4.94. The number of aromatic nitrogens is 2. The number of rotatable bonds is 5. The lowest BCUT2D eigenvalue weighted by Gasteiger charge is -2.16. The van der Waals surface area contributed by atoms with Crippen LogP contribution in [0.1, 0.15) is 50.4 Å². The van der Waals surface area contributed by atoms with Gasteiger partial charge in [0.2, 0.25) is 0 Å². The minimum absolute atomic E-state index is 0.378. The smallest absolute Gasteiger partial charge is 0.167 e. The summed E-state index contributed by atoms with van der Waals surface area (Å²) in [6, 6.07) is 2.67. The number of nitrogens with zero attached hydrogens (tertiary/aromatic N) is 3. The van der Waals surface area contributed by atoms with Crippen LogP contribution in [0.25, 0.3) is 0 Å². The number of aryl methyl sites for hydroxylation is 1. The highest BCUT2D eigenvalue weighted by atomic mass is 15.2. The molecule has 1 fully saturated rings. The van der Waals surface area contributed by atoms with Crippen molar-refractivity contribution >= 4 is 5.82 Å². The van der Waals surface area contributed by atoms with Crippen molar-refractivity contribution in [3.05, 3.63) is 16.8 Å². The maximum Gasteiger partial charge on any atom is 0.167 e. The molecule has 0 spiro atoms. The van der Waals surface area contributed by atoms with Crippen molar-refractivity contribution in [1.82, 2.24) is 10.2 Å². The molecule has 0 saturated heterocycles. The van der Waals surface area contributed by atoms with Crippen LogP contribution in [0.15, 0.2) is 0 Å². The molecule has 1 saturated carbocycles. The number of hydrogen-bond donors (Lipinski definition) is 1. The maximum atomic E-state index is 9.36. The van der Waals surface area contributed by atoms with Gasteiger partial charge in [0, 0.05) is 6.04 Å². The van der Waals surface area contributed by atoms with Gasteiger partial charge in [-0.1, -0.05) is 13.8 Å². The van der Waals surface area contributed by atoms with E-state index < -0.39 is 0 Å². The third-order valence-corrected chi connectivity index (χ3v) is 3.65. The molecule has 96 valence electrons. The highest BCUT2D eigenvalue weighted by molar-refractivity contribution is 5.57. The number of anilines is 1. The zero-order chi connectivity index (χ0) is 13.1. The van der Waals surface area contributed by atoms with Crippen molar-refractivity contribution in [2.75, 3.05) is 5.32 Å². The normalized spacial score (nSPS) is 16.1. The van der Waals surface area contributed by atoms with Crippen LogP contribution in [-0.4, -0.2) is 16.2 Å². The average Bonchev–Trinajstić information content (AvgIpc) is 3.22. The van der Waals surface area contributed by atoms with E-state index in [1.165, 1.54) is 12.8 Å². The standard InChI is InChI=1S/C14H20N4/c1-4-11-12(8-15)14(18-17-13(11)5-2)16-9(3)10-6-7-10/h9-10H,4-7H2,1-3H3,(H,16,18). The van der Waals surface area contributed by atoms with E-state index in [1.807, 2.05) is 6.92 Å². The second-order valence-electron chi connectivity index (χ2n) is 4.94. The highest BCUT2D eigenvalue weighted by Crippen LogP contribution is 2.34.